The Kier molecular flexibility index (Phi) is 4.68. The Morgan fingerprint density at radius 1 is 1.35 bits per heavy atom. The number of anilines is 1. The van der Waals surface area contributed by atoms with Crippen LogP contribution in [0.1, 0.15) is 6.42 Å². The summed E-state index contributed by atoms with van der Waals surface area (Å²) in [7, 11) is 3.82. The predicted molar refractivity (Wildman–Crippen MR) is 85.2 cm³/mol. The highest BCUT2D eigenvalue weighted by molar-refractivity contribution is 5.85. The highest BCUT2D eigenvalue weighted by Gasteiger charge is 2.19. The summed E-state index contributed by atoms with van der Waals surface area (Å²) in [6.07, 6.45) is 3.14. The fraction of sp³-hybridized carbons (Fsp3) is 0.400. The third-order valence-electron chi connectivity index (χ3n) is 3.87. The molecule has 1 saturated heterocycles. The van der Waals surface area contributed by atoms with Crippen molar-refractivity contribution < 1.29 is 4.74 Å². The van der Waals surface area contributed by atoms with E-state index in [1.807, 2.05) is 18.3 Å². The second-order valence-electron chi connectivity index (χ2n) is 5.01. The van der Waals surface area contributed by atoms with E-state index in [1.165, 1.54) is 12.1 Å². The van der Waals surface area contributed by atoms with Gasteiger partial charge in [0.1, 0.15) is 5.75 Å². The number of ether oxygens (including phenoxy) is 1. The molecule has 4 nitrogen and oxygen atoms in total. The summed E-state index contributed by atoms with van der Waals surface area (Å²) in [5.74, 6) is 0.848. The molecule has 5 heteroatoms. The van der Waals surface area contributed by atoms with E-state index in [9.17, 15) is 0 Å². The van der Waals surface area contributed by atoms with Gasteiger partial charge in [-0.15, -0.1) is 12.4 Å². The Labute approximate surface area is 125 Å². The SMILES string of the molecule is COc1ccc2cc(N(C)[C@H]3CCNC3)cnc2c1.Cl. The number of pyridine rings is 1. The molecule has 1 aliphatic heterocycles. The molecule has 1 N–H and O–H groups in total. The van der Waals surface area contributed by atoms with Gasteiger partial charge in [-0.2, -0.15) is 0 Å². The molecular weight excluding hydrogens is 274 g/mol. The lowest BCUT2D eigenvalue weighted by molar-refractivity contribution is 0.415. The van der Waals surface area contributed by atoms with Crippen molar-refractivity contribution in [1.29, 1.82) is 0 Å². The summed E-state index contributed by atoms with van der Waals surface area (Å²) in [4.78, 5) is 6.86. The molecule has 0 radical (unpaired) electrons. The molecule has 1 aromatic heterocycles. The summed E-state index contributed by atoms with van der Waals surface area (Å²) in [5, 5.41) is 4.55. The molecule has 108 valence electrons. The van der Waals surface area contributed by atoms with Crippen LogP contribution in [-0.2, 0) is 0 Å². The average Bonchev–Trinajstić information content (AvgIpc) is 2.99. The van der Waals surface area contributed by atoms with E-state index in [-0.39, 0.29) is 12.4 Å². The van der Waals surface area contributed by atoms with Crippen LogP contribution in [0.2, 0.25) is 0 Å². The number of benzene rings is 1. The van der Waals surface area contributed by atoms with Gasteiger partial charge in [0, 0.05) is 31.1 Å². The maximum Gasteiger partial charge on any atom is 0.121 e. The monoisotopic (exact) mass is 293 g/mol. The Balaban J connectivity index is 0.00000147. The topological polar surface area (TPSA) is 37.4 Å². The maximum atomic E-state index is 5.22. The number of rotatable bonds is 3. The quantitative estimate of drug-likeness (QED) is 0.943. The van der Waals surface area contributed by atoms with E-state index in [4.69, 9.17) is 4.74 Å². The van der Waals surface area contributed by atoms with E-state index in [0.717, 1.165) is 29.7 Å². The predicted octanol–water partition coefficient (Wildman–Crippen LogP) is 2.46. The Bertz CT molecular complexity index is 584. The zero-order valence-corrected chi connectivity index (χ0v) is 12.6. The van der Waals surface area contributed by atoms with Crippen molar-refractivity contribution in [1.82, 2.24) is 10.3 Å². The molecule has 20 heavy (non-hydrogen) atoms. The van der Waals surface area contributed by atoms with Crippen molar-refractivity contribution >= 4 is 29.0 Å². The smallest absolute Gasteiger partial charge is 0.121 e. The number of halogens is 1. The number of aromatic nitrogens is 1. The molecule has 0 bridgehead atoms. The fourth-order valence-corrected chi connectivity index (χ4v) is 2.59. The van der Waals surface area contributed by atoms with E-state index in [1.54, 1.807) is 7.11 Å². The Morgan fingerprint density at radius 2 is 2.20 bits per heavy atom. The number of hydrogen-bond donors (Lipinski definition) is 1. The van der Waals surface area contributed by atoms with Crippen molar-refractivity contribution in [3.8, 4) is 5.75 Å². The van der Waals surface area contributed by atoms with Crippen LogP contribution in [0.4, 0.5) is 5.69 Å². The van der Waals surface area contributed by atoms with E-state index in [2.05, 4.69) is 34.4 Å². The molecule has 0 saturated carbocycles. The minimum Gasteiger partial charge on any atom is -0.497 e. The van der Waals surface area contributed by atoms with Gasteiger partial charge in [-0.25, -0.2) is 0 Å². The van der Waals surface area contributed by atoms with Crippen molar-refractivity contribution in [3.05, 3.63) is 30.5 Å². The van der Waals surface area contributed by atoms with E-state index in [0.29, 0.717) is 6.04 Å². The lowest BCUT2D eigenvalue weighted by atomic mass is 10.1. The van der Waals surface area contributed by atoms with Crippen LogP contribution in [-0.4, -0.2) is 38.3 Å². The third kappa shape index (κ3) is 2.81. The molecule has 2 aromatic rings. The summed E-state index contributed by atoms with van der Waals surface area (Å²) in [6.45, 7) is 2.16. The minimum absolute atomic E-state index is 0. The van der Waals surface area contributed by atoms with Crippen molar-refractivity contribution in [2.75, 3.05) is 32.1 Å². The second kappa shape index (κ2) is 6.29. The van der Waals surface area contributed by atoms with Gasteiger partial charge in [0.2, 0.25) is 0 Å². The van der Waals surface area contributed by atoms with Gasteiger partial charge in [0.25, 0.3) is 0 Å². The molecule has 0 spiro atoms. The van der Waals surface area contributed by atoms with E-state index >= 15 is 0 Å². The van der Waals surface area contributed by atoms with Gasteiger partial charge in [-0.1, -0.05) is 0 Å². The molecule has 1 fully saturated rings. The van der Waals surface area contributed by atoms with Gasteiger partial charge in [-0.05, 0) is 31.2 Å². The fourth-order valence-electron chi connectivity index (χ4n) is 2.59. The molecule has 0 unspecified atom stereocenters. The lowest BCUT2D eigenvalue weighted by Gasteiger charge is -2.25. The van der Waals surface area contributed by atoms with Crippen LogP contribution in [0.15, 0.2) is 30.5 Å². The summed E-state index contributed by atoms with van der Waals surface area (Å²) in [6, 6.07) is 8.77. The first-order valence-electron chi connectivity index (χ1n) is 6.65. The first kappa shape index (κ1) is 14.9. The Hall–Kier alpha value is -1.52. The average molecular weight is 294 g/mol. The van der Waals surface area contributed by atoms with Gasteiger partial charge in [0.15, 0.2) is 0 Å². The lowest BCUT2D eigenvalue weighted by Crippen LogP contribution is -2.33. The highest BCUT2D eigenvalue weighted by atomic mass is 35.5. The summed E-state index contributed by atoms with van der Waals surface area (Å²) < 4.78 is 5.22. The normalized spacial score (nSPS) is 17.8. The first-order chi connectivity index (χ1) is 9.28. The van der Waals surface area contributed by atoms with Crippen LogP contribution in [0.3, 0.4) is 0 Å². The zero-order valence-electron chi connectivity index (χ0n) is 11.8. The molecule has 1 aromatic carbocycles. The van der Waals surface area contributed by atoms with Gasteiger partial charge < -0.3 is 15.0 Å². The van der Waals surface area contributed by atoms with Gasteiger partial charge in [-0.3, -0.25) is 4.98 Å². The number of likely N-dealkylation sites (N-methyl/N-ethyl adjacent to an activating group) is 1. The summed E-state index contributed by atoms with van der Waals surface area (Å²) in [5.41, 5.74) is 2.15. The molecule has 2 heterocycles. The van der Waals surface area contributed by atoms with Crippen molar-refractivity contribution in [3.63, 3.8) is 0 Å². The Morgan fingerprint density at radius 3 is 2.90 bits per heavy atom. The summed E-state index contributed by atoms with van der Waals surface area (Å²) >= 11 is 0. The first-order valence-corrected chi connectivity index (χ1v) is 6.65. The van der Waals surface area contributed by atoms with Crippen LogP contribution in [0.5, 0.6) is 5.75 Å². The molecule has 0 aliphatic carbocycles. The van der Waals surface area contributed by atoms with Crippen LogP contribution < -0.4 is 15.0 Å². The number of fused-ring (bicyclic) bond motifs is 1. The largest absolute Gasteiger partial charge is 0.497 e. The molecule has 0 amide bonds. The molecule has 3 rings (SSSR count). The number of nitrogens with zero attached hydrogens (tertiary/aromatic N) is 2. The third-order valence-corrected chi connectivity index (χ3v) is 3.87. The standard InChI is InChI=1S/C15H19N3O.ClH/c1-18(12-5-6-16-9-12)13-7-11-3-4-14(19-2)8-15(11)17-10-13;/h3-4,7-8,10,12,16H,5-6,9H2,1-2H3;1H/t12-;/m0./s1. The number of nitrogens with one attached hydrogen (secondary N) is 1. The van der Waals surface area contributed by atoms with E-state index < -0.39 is 0 Å². The maximum absolute atomic E-state index is 5.22. The highest BCUT2D eigenvalue weighted by Crippen LogP contribution is 2.24. The molecule has 1 aliphatic rings. The van der Waals surface area contributed by atoms with Crippen LogP contribution in [0, 0.1) is 0 Å². The molecular formula is C15H20ClN3O. The second-order valence-corrected chi connectivity index (χ2v) is 5.01. The minimum atomic E-state index is 0. The zero-order chi connectivity index (χ0) is 13.2. The number of methoxy groups -OCH3 is 1. The van der Waals surface area contributed by atoms with Crippen molar-refractivity contribution in [2.45, 2.75) is 12.5 Å². The number of hydrogen-bond acceptors (Lipinski definition) is 4. The van der Waals surface area contributed by atoms with Crippen LogP contribution >= 0.6 is 12.4 Å². The van der Waals surface area contributed by atoms with Gasteiger partial charge >= 0.3 is 0 Å². The van der Waals surface area contributed by atoms with Gasteiger partial charge in [0.05, 0.1) is 24.5 Å². The van der Waals surface area contributed by atoms with Crippen LogP contribution in [0.25, 0.3) is 10.9 Å². The van der Waals surface area contributed by atoms with Crippen molar-refractivity contribution in [2.24, 2.45) is 0 Å². The molecule has 1 atom stereocenters.